The maximum atomic E-state index is 4.96. The van der Waals surface area contributed by atoms with Crippen LogP contribution in [0.3, 0.4) is 0 Å². The van der Waals surface area contributed by atoms with Gasteiger partial charge >= 0.3 is 0 Å². The number of hydrogen-bond donors (Lipinski definition) is 1. The zero-order valence-corrected chi connectivity index (χ0v) is 10.4. The molecule has 4 nitrogen and oxygen atoms in total. The molecule has 0 aromatic carbocycles. The predicted molar refractivity (Wildman–Crippen MR) is 66.3 cm³/mol. The van der Waals surface area contributed by atoms with Crippen molar-refractivity contribution in [3.8, 4) is 0 Å². The number of nitrogens with one attached hydrogen (secondary N) is 1. The predicted octanol–water partition coefficient (Wildman–Crippen LogP) is 1.54. The lowest BCUT2D eigenvalue weighted by Gasteiger charge is -2.03. The first-order valence-corrected chi connectivity index (χ1v) is 5.65. The van der Waals surface area contributed by atoms with Crippen molar-refractivity contribution in [1.29, 1.82) is 0 Å². The summed E-state index contributed by atoms with van der Waals surface area (Å²) in [6, 6.07) is 0. The van der Waals surface area contributed by atoms with Crippen LogP contribution in [0.4, 0.5) is 0 Å². The highest BCUT2D eigenvalue weighted by atomic mass is 16.5. The molecule has 1 aromatic heterocycles. The molecular weight excluding hydrogens is 202 g/mol. The topological polar surface area (TPSA) is 39.1 Å². The Kier molecular flexibility index (Phi) is 5.82. The van der Waals surface area contributed by atoms with E-state index in [0.29, 0.717) is 0 Å². The molecule has 0 unspecified atom stereocenters. The summed E-state index contributed by atoms with van der Waals surface area (Å²) in [7, 11) is 1.71. The van der Waals surface area contributed by atoms with Gasteiger partial charge in [0, 0.05) is 38.5 Å². The quantitative estimate of drug-likeness (QED) is 0.713. The average molecular weight is 223 g/mol. The van der Waals surface area contributed by atoms with Crippen LogP contribution in [0.2, 0.25) is 0 Å². The minimum Gasteiger partial charge on any atom is -0.383 e. The van der Waals surface area contributed by atoms with Crippen molar-refractivity contribution in [1.82, 2.24) is 15.1 Å². The third-order valence-electron chi connectivity index (χ3n) is 2.28. The van der Waals surface area contributed by atoms with E-state index in [4.69, 9.17) is 4.74 Å². The van der Waals surface area contributed by atoms with Gasteiger partial charge in [0.15, 0.2) is 0 Å². The van der Waals surface area contributed by atoms with Gasteiger partial charge in [0.05, 0.1) is 12.8 Å². The largest absolute Gasteiger partial charge is 0.383 e. The van der Waals surface area contributed by atoms with Crippen LogP contribution in [-0.4, -0.2) is 36.6 Å². The molecule has 1 aromatic rings. The first-order chi connectivity index (χ1) is 7.76. The van der Waals surface area contributed by atoms with E-state index in [1.54, 1.807) is 7.11 Å². The minimum absolute atomic E-state index is 0.751. The van der Waals surface area contributed by atoms with Crippen LogP contribution in [0.15, 0.2) is 18.0 Å². The Balaban J connectivity index is 2.37. The highest BCUT2D eigenvalue weighted by Gasteiger charge is 1.95. The van der Waals surface area contributed by atoms with Crippen LogP contribution >= 0.6 is 0 Å². The second-order valence-electron chi connectivity index (χ2n) is 3.79. The molecule has 0 aliphatic carbocycles. The molecule has 0 bridgehead atoms. The molecule has 1 heterocycles. The molecule has 4 heteroatoms. The maximum absolute atomic E-state index is 4.96. The van der Waals surface area contributed by atoms with Crippen molar-refractivity contribution in [2.24, 2.45) is 0 Å². The third-order valence-corrected chi connectivity index (χ3v) is 2.28. The van der Waals surface area contributed by atoms with Crippen LogP contribution in [0.1, 0.15) is 19.4 Å². The first kappa shape index (κ1) is 12.9. The molecule has 16 heavy (non-hydrogen) atoms. The zero-order chi connectivity index (χ0) is 11.8. The third kappa shape index (κ3) is 4.59. The van der Waals surface area contributed by atoms with E-state index in [1.165, 1.54) is 5.57 Å². The van der Waals surface area contributed by atoms with Gasteiger partial charge in [-0.1, -0.05) is 11.6 Å². The van der Waals surface area contributed by atoms with Gasteiger partial charge in [0.2, 0.25) is 0 Å². The maximum Gasteiger partial charge on any atom is 0.0587 e. The monoisotopic (exact) mass is 223 g/mol. The van der Waals surface area contributed by atoms with Crippen molar-refractivity contribution in [3.05, 3.63) is 23.5 Å². The van der Waals surface area contributed by atoms with E-state index in [2.05, 4.69) is 36.5 Å². The van der Waals surface area contributed by atoms with Gasteiger partial charge in [-0.25, -0.2) is 0 Å². The first-order valence-electron chi connectivity index (χ1n) is 5.65. The second kappa shape index (κ2) is 7.19. The molecule has 0 atom stereocenters. The average Bonchev–Trinajstić information content (AvgIpc) is 2.72. The van der Waals surface area contributed by atoms with Gasteiger partial charge in [-0.3, -0.25) is 4.68 Å². The summed E-state index contributed by atoms with van der Waals surface area (Å²) in [4.78, 5) is 0. The zero-order valence-electron chi connectivity index (χ0n) is 10.4. The van der Waals surface area contributed by atoms with Crippen molar-refractivity contribution in [3.63, 3.8) is 0 Å². The molecule has 0 saturated heterocycles. The van der Waals surface area contributed by atoms with E-state index in [1.807, 2.05) is 10.9 Å². The van der Waals surface area contributed by atoms with Crippen LogP contribution < -0.4 is 5.32 Å². The lowest BCUT2D eigenvalue weighted by atomic mass is 10.2. The van der Waals surface area contributed by atoms with Gasteiger partial charge in [-0.15, -0.1) is 0 Å². The summed E-state index contributed by atoms with van der Waals surface area (Å²) in [6.45, 7) is 7.64. The Bertz CT molecular complexity index is 331. The molecule has 1 N–H and O–H groups in total. The Morgan fingerprint density at radius 1 is 1.62 bits per heavy atom. The van der Waals surface area contributed by atoms with Crippen LogP contribution in [0, 0.1) is 0 Å². The lowest BCUT2D eigenvalue weighted by molar-refractivity contribution is 0.200. The summed E-state index contributed by atoms with van der Waals surface area (Å²) in [6.07, 6.45) is 6.10. The van der Waals surface area contributed by atoms with Crippen molar-refractivity contribution in [2.75, 3.05) is 26.8 Å². The Morgan fingerprint density at radius 3 is 3.06 bits per heavy atom. The van der Waals surface area contributed by atoms with Crippen molar-refractivity contribution >= 4 is 6.08 Å². The summed E-state index contributed by atoms with van der Waals surface area (Å²) in [5, 5.41) is 7.54. The Labute approximate surface area is 97.3 Å². The summed E-state index contributed by atoms with van der Waals surface area (Å²) < 4.78 is 6.89. The highest BCUT2D eigenvalue weighted by Crippen LogP contribution is 2.04. The lowest BCUT2D eigenvalue weighted by Crippen LogP contribution is -2.20. The molecule has 0 aliphatic heterocycles. The summed E-state index contributed by atoms with van der Waals surface area (Å²) >= 11 is 0. The fourth-order valence-corrected chi connectivity index (χ4v) is 1.42. The second-order valence-corrected chi connectivity index (χ2v) is 3.79. The molecule has 0 spiro atoms. The number of hydrogen-bond acceptors (Lipinski definition) is 3. The number of ether oxygens (including phenoxy) is 1. The molecule has 0 saturated carbocycles. The molecule has 90 valence electrons. The number of aryl methyl sites for hydroxylation is 1. The number of aromatic nitrogens is 2. The van der Waals surface area contributed by atoms with Crippen molar-refractivity contribution < 1.29 is 4.74 Å². The SMILES string of the molecule is CCn1cc(/C=C(/C)CNCCOC)cn1. The molecule has 0 aliphatic rings. The van der Waals surface area contributed by atoms with Gasteiger partial charge in [0.25, 0.3) is 0 Å². The van der Waals surface area contributed by atoms with E-state index in [0.717, 1.165) is 31.8 Å². The van der Waals surface area contributed by atoms with Gasteiger partial charge in [-0.2, -0.15) is 5.10 Å². The van der Waals surface area contributed by atoms with Crippen molar-refractivity contribution in [2.45, 2.75) is 20.4 Å². The van der Waals surface area contributed by atoms with Crippen LogP contribution in [0.5, 0.6) is 0 Å². The van der Waals surface area contributed by atoms with Gasteiger partial charge in [-0.05, 0) is 13.8 Å². The molecule has 0 radical (unpaired) electrons. The van der Waals surface area contributed by atoms with E-state index in [9.17, 15) is 0 Å². The standard InChI is InChI=1S/C12H21N3O/c1-4-15-10-12(9-14-15)7-11(2)8-13-5-6-16-3/h7,9-10,13H,4-6,8H2,1-3H3/b11-7-. The minimum atomic E-state index is 0.751. The summed E-state index contributed by atoms with van der Waals surface area (Å²) in [5.74, 6) is 0. The molecular formula is C12H21N3O. The van der Waals surface area contributed by atoms with Crippen LogP contribution in [-0.2, 0) is 11.3 Å². The number of methoxy groups -OCH3 is 1. The Hall–Kier alpha value is -1.13. The summed E-state index contributed by atoms with van der Waals surface area (Å²) in [5.41, 5.74) is 2.46. The number of rotatable bonds is 7. The Morgan fingerprint density at radius 2 is 2.44 bits per heavy atom. The fourth-order valence-electron chi connectivity index (χ4n) is 1.42. The number of nitrogens with zero attached hydrogens (tertiary/aromatic N) is 2. The smallest absolute Gasteiger partial charge is 0.0587 e. The van der Waals surface area contributed by atoms with Gasteiger partial charge in [0.1, 0.15) is 0 Å². The molecule has 0 amide bonds. The highest BCUT2D eigenvalue weighted by molar-refractivity contribution is 5.50. The van der Waals surface area contributed by atoms with Crippen LogP contribution in [0.25, 0.3) is 6.08 Å². The molecule has 1 rings (SSSR count). The van der Waals surface area contributed by atoms with E-state index < -0.39 is 0 Å². The van der Waals surface area contributed by atoms with E-state index >= 15 is 0 Å². The molecule has 0 fully saturated rings. The fraction of sp³-hybridized carbons (Fsp3) is 0.583. The van der Waals surface area contributed by atoms with Gasteiger partial charge < -0.3 is 10.1 Å². The normalized spacial score (nSPS) is 12.1. The van der Waals surface area contributed by atoms with E-state index in [-0.39, 0.29) is 0 Å².